The average Bonchev–Trinajstić information content (AvgIpc) is 2.67. The van der Waals surface area contributed by atoms with Crippen LogP contribution in [0.1, 0.15) is 24.9 Å². The standard InChI is InChI=1S/C21H23N3O3/c1-4-8-17(24-21(26)27)15-9-6-10-16(13-15)19-18(11-7-12-22-19)23-20(25)14(3)5-2/h4-7,9-14,17,24H,1-2,8H2,3H3,(H,23,25)(H,26,27). The van der Waals surface area contributed by atoms with Crippen molar-refractivity contribution in [1.82, 2.24) is 10.3 Å². The third kappa shape index (κ3) is 5.28. The first-order valence-electron chi connectivity index (χ1n) is 8.55. The second-order valence-corrected chi connectivity index (χ2v) is 6.07. The minimum absolute atomic E-state index is 0.174. The van der Waals surface area contributed by atoms with Gasteiger partial charge in [-0.1, -0.05) is 37.3 Å². The summed E-state index contributed by atoms with van der Waals surface area (Å²) in [5.74, 6) is -0.506. The fourth-order valence-corrected chi connectivity index (χ4v) is 2.59. The molecule has 0 radical (unpaired) electrons. The van der Waals surface area contributed by atoms with E-state index in [1.165, 1.54) is 0 Å². The minimum Gasteiger partial charge on any atom is -0.465 e. The average molecular weight is 365 g/mol. The molecule has 2 amide bonds. The normalized spacial score (nSPS) is 12.5. The van der Waals surface area contributed by atoms with Gasteiger partial charge in [0.05, 0.1) is 23.3 Å². The molecule has 0 saturated carbocycles. The summed E-state index contributed by atoms with van der Waals surface area (Å²) in [7, 11) is 0. The first kappa shape index (κ1) is 19.9. The number of anilines is 1. The third-order valence-corrected chi connectivity index (χ3v) is 4.10. The second-order valence-electron chi connectivity index (χ2n) is 6.07. The predicted molar refractivity (Wildman–Crippen MR) is 106 cm³/mol. The molecule has 0 fully saturated rings. The van der Waals surface area contributed by atoms with Crippen LogP contribution in [-0.4, -0.2) is 22.1 Å². The summed E-state index contributed by atoms with van der Waals surface area (Å²) in [6.07, 6.45) is 4.24. The zero-order chi connectivity index (χ0) is 19.8. The number of benzene rings is 1. The second kappa shape index (κ2) is 9.33. The summed E-state index contributed by atoms with van der Waals surface area (Å²) in [6.45, 7) is 9.08. The Hall–Kier alpha value is -3.41. The van der Waals surface area contributed by atoms with Crippen molar-refractivity contribution in [3.05, 3.63) is 73.5 Å². The van der Waals surface area contributed by atoms with Crippen LogP contribution in [0, 0.1) is 5.92 Å². The Bertz CT molecular complexity index is 848. The minimum atomic E-state index is -1.10. The highest BCUT2D eigenvalue weighted by atomic mass is 16.4. The molecule has 0 saturated heterocycles. The van der Waals surface area contributed by atoms with E-state index in [1.54, 1.807) is 37.4 Å². The maximum Gasteiger partial charge on any atom is 0.405 e. The number of amides is 2. The zero-order valence-electron chi connectivity index (χ0n) is 15.2. The van der Waals surface area contributed by atoms with E-state index in [0.29, 0.717) is 17.8 Å². The van der Waals surface area contributed by atoms with Crippen molar-refractivity contribution in [2.45, 2.75) is 19.4 Å². The van der Waals surface area contributed by atoms with Crippen LogP contribution in [0.5, 0.6) is 0 Å². The summed E-state index contributed by atoms with van der Waals surface area (Å²) < 4.78 is 0. The van der Waals surface area contributed by atoms with Gasteiger partial charge >= 0.3 is 6.09 Å². The number of pyridine rings is 1. The van der Waals surface area contributed by atoms with Crippen molar-refractivity contribution in [1.29, 1.82) is 0 Å². The van der Waals surface area contributed by atoms with E-state index in [1.807, 2.05) is 24.3 Å². The van der Waals surface area contributed by atoms with Crippen molar-refractivity contribution in [2.24, 2.45) is 5.92 Å². The summed E-state index contributed by atoms with van der Waals surface area (Å²) in [4.78, 5) is 27.7. The first-order chi connectivity index (χ1) is 13.0. The molecule has 140 valence electrons. The van der Waals surface area contributed by atoms with E-state index >= 15 is 0 Å². The Labute approximate surface area is 158 Å². The molecule has 1 aromatic carbocycles. The predicted octanol–water partition coefficient (Wildman–Crippen LogP) is 4.39. The maximum absolute atomic E-state index is 12.2. The molecule has 1 heterocycles. The molecule has 0 aliphatic rings. The quantitative estimate of drug-likeness (QED) is 0.605. The number of carbonyl (C=O) groups excluding carboxylic acids is 1. The maximum atomic E-state index is 12.2. The van der Waals surface area contributed by atoms with Gasteiger partial charge in [0.15, 0.2) is 0 Å². The van der Waals surface area contributed by atoms with E-state index < -0.39 is 12.1 Å². The molecular weight excluding hydrogens is 342 g/mol. The van der Waals surface area contributed by atoms with Crippen LogP contribution in [0.2, 0.25) is 0 Å². The van der Waals surface area contributed by atoms with Gasteiger partial charge in [0.1, 0.15) is 0 Å². The molecule has 1 aromatic heterocycles. The Morgan fingerprint density at radius 1 is 1.26 bits per heavy atom. The molecule has 6 heteroatoms. The van der Waals surface area contributed by atoms with Gasteiger partial charge in [0.2, 0.25) is 5.91 Å². The topological polar surface area (TPSA) is 91.3 Å². The van der Waals surface area contributed by atoms with Crippen molar-refractivity contribution < 1.29 is 14.7 Å². The van der Waals surface area contributed by atoms with Gasteiger partial charge in [-0.25, -0.2) is 4.79 Å². The molecule has 27 heavy (non-hydrogen) atoms. The summed E-state index contributed by atoms with van der Waals surface area (Å²) >= 11 is 0. The Morgan fingerprint density at radius 2 is 2.04 bits per heavy atom. The fraction of sp³-hybridized carbons (Fsp3) is 0.190. The number of rotatable bonds is 8. The fourth-order valence-electron chi connectivity index (χ4n) is 2.59. The highest BCUT2D eigenvalue weighted by molar-refractivity contribution is 5.96. The lowest BCUT2D eigenvalue weighted by Crippen LogP contribution is -2.26. The zero-order valence-corrected chi connectivity index (χ0v) is 15.2. The molecule has 2 unspecified atom stereocenters. The molecule has 0 aliphatic heterocycles. The van der Waals surface area contributed by atoms with E-state index in [0.717, 1.165) is 11.1 Å². The number of hydrogen-bond donors (Lipinski definition) is 3. The lowest BCUT2D eigenvalue weighted by molar-refractivity contribution is -0.118. The van der Waals surface area contributed by atoms with Gasteiger partial charge in [-0.2, -0.15) is 0 Å². The smallest absolute Gasteiger partial charge is 0.405 e. The van der Waals surface area contributed by atoms with Gasteiger partial charge in [0.25, 0.3) is 0 Å². The molecule has 3 N–H and O–H groups in total. The van der Waals surface area contributed by atoms with Crippen LogP contribution >= 0.6 is 0 Å². The van der Waals surface area contributed by atoms with E-state index in [4.69, 9.17) is 5.11 Å². The number of nitrogens with zero attached hydrogens (tertiary/aromatic N) is 1. The number of carboxylic acid groups (broad SMARTS) is 1. The molecule has 0 aliphatic carbocycles. The largest absolute Gasteiger partial charge is 0.465 e. The Balaban J connectivity index is 2.39. The molecule has 0 spiro atoms. The van der Waals surface area contributed by atoms with E-state index in [2.05, 4.69) is 28.8 Å². The summed E-state index contributed by atoms with van der Waals surface area (Å²) in [6, 6.07) is 10.5. The SMILES string of the molecule is C=CCC(NC(=O)O)c1cccc(-c2ncccc2NC(=O)C(C)C=C)c1. The van der Waals surface area contributed by atoms with Crippen LogP contribution in [0.3, 0.4) is 0 Å². The molecule has 6 nitrogen and oxygen atoms in total. The van der Waals surface area contributed by atoms with Crippen molar-refractivity contribution >= 4 is 17.7 Å². The number of nitrogens with one attached hydrogen (secondary N) is 2. The lowest BCUT2D eigenvalue weighted by Gasteiger charge is -2.17. The van der Waals surface area contributed by atoms with Crippen molar-refractivity contribution in [2.75, 3.05) is 5.32 Å². The highest BCUT2D eigenvalue weighted by Gasteiger charge is 2.16. The van der Waals surface area contributed by atoms with Crippen molar-refractivity contribution in [3.63, 3.8) is 0 Å². The molecule has 0 bridgehead atoms. The summed E-state index contributed by atoms with van der Waals surface area (Å²) in [5.41, 5.74) is 2.75. The lowest BCUT2D eigenvalue weighted by atomic mass is 9.99. The van der Waals surface area contributed by atoms with Gasteiger partial charge < -0.3 is 15.7 Å². The Morgan fingerprint density at radius 3 is 2.70 bits per heavy atom. The number of hydrogen-bond acceptors (Lipinski definition) is 3. The number of carbonyl (C=O) groups is 2. The van der Waals surface area contributed by atoms with Crippen LogP contribution in [0.15, 0.2) is 67.9 Å². The van der Waals surface area contributed by atoms with Crippen LogP contribution in [0.4, 0.5) is 10.5 Å². The van der Waals surface area contributed by atoms with Gasteiger partial charge in [0, 0.05) is 11.8 Å². The molecular formula is C21H23N3O3. The highest BCUT2D eigenvalue weighted by Crippen LogP contribution is 2.29. The van der Waals surface area contributed by atoms with Gasteiger partial charge in [-0.15, -0.1) is 13.2 Å². The third-order valence-electron chi connectivity index (χ3n) is 4.10. The van der Waals surface area contributed by atoms with E-state index in [9.17, 15) is 9.59 Å². The summed E-state index contributed by atoms with van der Waals surface area (Å²) in [5, 5.41) is 14.4. The number of aromatic nitrogens is 1. The van der Waals surface area contributed by atoms with Crippen LogP contribution < -0.4 is 10.6 Å². The van der Waals surface area contributed by atoms with Crippen LogP contribution in [0.25, 0.3) is 11.3 Å². The van der Waals surface area contributed by atoms with E-state index in [-0.39, 0.29) is 11.8 Å². The van der Waals surface area contributed by atoms with Gasteiger partial charge in [-0.3, -0.25) is 9.78 Å². The monoisotopic (exact) mass is 365 g/mol. The van der Waals surface area contributed by atoms with Crippen LogP contribution in [-0.2, 0) is 4.79 Å². The first-order valence-corrected chi connectivity index (χ1v) is 8.55. The van der Waals surface area contributed by atoms with Crippen molar-refractivity contribution in [3.8, 4) is 11.3 Å². The molecule has 2 rings (SSSR count). The molecule has 2 atom stereocenters. The Kier molecular flexibility index (Phi) is 6.88. The van der Waals surface area contributed by atoms with Gasteiger partial charge in [-0.05, 0) is 30.2 Å². The molecule has 2 aromatic rings.